The van der Waals surface area contributed by atoms with Crippen LogP contribution < -0.4 is 5.73 Å². The fourth-order valence-corrected chi connectivity index (χ4v) is 1.33. The summed E-state index contributed by atoms with van der Waals surface area (Å²) in [6, 6.07) is 3.13. The lowest BCUT2D eigenvalue weighted by molar-refractivity contribution is -0.143. The smallest absolute Gasteiger partial charge is 0.320 e. The number of pyridine rings is 1. The van der Waals surface area contributed by atoms with E-state index in [2.05, 4.69) is 4.98 Å². The molecule has 0 saturated heterocycles. The first-order valence-corrected chi connectivity index (χ1v) is 4.55. The largest absolute Gasteiger partial charge is 0.460 e. The number of aromatic nitrogens is 1. The molecule has 15 heavy (non-hydrogen) atoms. The maximum Gasteiger partial charge on any atom is 0.320 e. The third kappa shape index (κ3) is 5.18. The van der Waals surface area contributed by atoms with Gasteiger partial charge in [0.05, 0.1) is 6.54 Å². The van der Waals surface area contributed by atoms with Crippen LogP contribution in [-0.2, 0) is 16.1 Å². The van der Waals surface area contributed by atoms with Crippen LogP contribution in [0.4, 0.5) is 0 Å². The highest BCUT2D eigenvalue weighted by atomic mass is 35.5. The van der Waals surface area contributed by atoms with Gasteiger partial charge < -0.3 is 10.5 Å². The molecule has 0 amide bonds. The van der Waals surface area contributed by atoms with Crippen LogP contribution in [0.5, 0.6) is 0 Å². The molecule has 0 aliphatic heterocycles. The standard InChI is InChI=1S/C8H8Cl2N2O2.ClH/c9-6-1-5(2-7(10)12-6)4-14-8(13)3-11;/h1-2H,3-4,11H2;1H. The zero-order valence-corrected chi connectivity index (χ0v) is 9.90. The molecule has 1 heterocycles. The Hall–Kier alpha value is -0.550. The first kappa shape index (κ1) is 14.5. The van der Waals surface area contributed by atoms with E-state index in [4.69, 9.17) is 33.7 Å². The van der Waals surface area contributed by atoms with Crippen LogP contribution in [0.25, 0.3) is 0 Å². The molecule has 1 aromatic rings. The van der Waals surface area contributed by atoms with E-state index in [-0.39, 0.29) is 35.9 Å². The van der Waals surface area contributed by atoms with E-state index in [0.717, 1.165) is 0 Å². The number of rotatable bonds is 3. The Labute approximate surface area is 103 Å². The lowest BCUT2D eigenvalue weighted by Crippen LogP contribution is -2.16. The molecule has 84 valence electrons. The molecule has 0 unspecified atom stereocenters. The fraction of sp³-hybridized carbons (Fsp3) is 0.250. The summed E-state index contributed by atoms with van der Waals surface area (Å²) in [4.78, 5) is 14.5. The van der Waals surface area contributed by atoms with Gasteiger partial charge in [0.15, 0.2) is 0 Å². The van der Waals surface area contributed by atoms with Gasteiger partial charge in [-0.2, -0.15) is 0 Å². The molecule has 1 rings (SSSR count). The summed E-state index contributed by atoms with van der Waals surface area (Å²) < 4.78 is 4.78. The van der Waals surface area contributed by atoms with E-state index < -0.39 is 5.97 Å². The number of halogens is 3. The second-order valence-electron chi connectivity index (χ2n) is 2.49. The second kappa shape index (κ2) is 6.85. The minimum absolute atomic E-state index is 0. The van der Waals surface area contributed by atoms with Gasteiger partial charge in [0, 0.05) is 0 Å². The van der Waals surface area contributed by atoms with Gasteiger partial charge in [-0.05, 0) is 17.7 Å². The first-order valence-electron chi connectivity index (χ1n) is 3.79. The highest BCUT2D eigenvalue weighted by Crippen LogP contribution is 2.15. The van der Waals surface area contributed by atoms with E-state index in [9.17, 15) is 4.79 Å². The minimum Gasteiger partial charge on any atom is -0.460 e. The predicted octanol–water partition coefficient (Wildman–Crippen LogP) is 1.81. The summed E-state index contributed by atoms with van der Waals surface area (Å²) >= 11 is 11.3. The van der Waals surface area contributed by atoms with E-state index in [1.807, 2.05) is 0 Å². The molecule has 0 aromatic carbocycles. The molecule has 0 atom stereocenters. The van der Waals surface area contributed by atoms with Crippen LogP contribution in [0.1, 0.15) is 5.56 Å². The Balaban J connectivity index is 0.00000196. The molecule has 0 aliphatic rings. The summed E-state index contributed by atoms with van der Waals surface area (Å²) in [5.74, 6) is -0.478. The number of nitrogens with two attached hydrogens (primary N) is 1. The molecular formula is C8H9Cl3N2O2. The van der Waals surface area contributed by atoms with Gasteiger partial charge in [-0.15, -0.1) is 12.4 Å². The normalized spacial score (nSPS) is 9.27. The number of carbonyl (C=O) groups excluding carboxylic acids is 1. The number of esters is 1. The fourth-order valence-electron chi connectivity index (χ4n) is 0.820. The van der Waals surface area contributed by atoms with Gasteiger partial charge >= 0.3 is 5.97 Å². The number of hydrogen-bond donors (Lipinski definition) is 1. The van der Waals surface area contributed by atoms with Crippen molar-refractivity contribution in [2.45, 2.75) is 6.61 Å². The molecule has 1 aromatic heterocycles. The zero-order chi connectivity index (χ0) is 10.6. The van der Waals surface area contributed by atoms with Crippen molar-refractivity contribution >= 4 is 41.6 Å². The van der Waals surface area contributed by atoms with E-state index in [1.165, 1.54) is 0 Å². The number of ether oxygens (including phenoxy) is 1. The van der Waals surface area contributed by atoms with Crippen LogP contribution >= 0.6 is 35.6 Å². The van der Waals surface area contributed by atoms with Crippen LogP contribution in [0.15, 0.2) is 12.1 Å². The Morgan fingerprint density at radius 2 is 1.93 bits per heavy atom. The van der Waals surface area contributed by atoms with Crippen molar-refractivity contribution in [1.29, 1.82) is 0 Å². The van der Waals surface area contributed by atoms with Crippen molar-refractivity contribution in [1.82, 2.24) is 4.98 Å². The Morgan fingerprint density at radius 1 is 1.40 bits per heavy atom. The summed E-state index contributed by atoms with van der Waals surface area (Å²) in [6.45, 7) is -0.0511. The van der Waals surface area contributed by atoms with Crippen molar-refractivity contribution in [3.8, 4) is 0 Å². The molecule has 2 N–H and O–H groups in total. The van der Waals surface area contributed by atoms with Crippen molar-refractivity contribution in [2.24, 2.45) is 5.73 Å². The van der Waals surface area contributed by atoms with Crippen molar-refractivity contribution in [3.05, 3.63) is 28.0 Å². The Kier molecular flexibility index (Phi) is 6.60. The van der Waals surface area contributed by atoms with E-state index >= 15 is 0 Å². The van der Waals surface area contributed by atoms with Gasteiger partial charge in [0.1, 0.15) is 16.9 Å². The Morgan fingerprint density at radius 3 is 2.40 bits per heavy atom. The molecule has 4 nitrogen and oxygen atoms in total. The SMILES string of the molecule is Cl.NCC(=O)OCc1cc(Cl)nc(Cl)c1. The van der Waals surface area contributed by atoms with Crippen molar-refractivity contribution in [3.63, 3.8) is 0 Å². The van der Waals surface area contributed by atoms with Crippen LogP contribution in [0.2, 0.25) is 10.3 Å². The molecule has 0 bridgehead atoms. The number of carbonyl (C=O) groups is 1. The maximum atomic E-state index is 10.7. The van der Waals surface area contributed by atoms with E-state index in [1.54, 1.807) is 12.1 Å². The molecule has 0 spiro atoms. The summed E-state index contributed by atoms with van der Waals surface area (Å²) in [5.41, 5.74) is 5.73. The van der Waals surface area contributed by atoms with Gasteiger partial charge in [-0.25, -0.2) is 4.98 Å². The predicted molar refractivity (Wildman–Crippen MR) is 60.4 cm³/mol. The molecular weight excluding hydrogens is 262 g/mol. The van der Waals surface area contributed by atoms with Crippen LogP contribution in [0, 0.1) is 0 Å². The third-order valence-electron chi connectivity index (χ3n) is 1.39. The zero-order valence-electron chi connectivity index (χ0n) is 7.57. The monoisotopic (exact) mass is 270 g/mol. The Bertz CT molecular complexity index is 326. The van der Waals surface area contributed by atoms with E-state index in [0.29, 0.717) is 5.56 Å². The lowest BCUT2D eigenvalue weighted by Gasteiger charge is -2.03. The minimum atomic E-state index is -0.478. The topological polar surface area (TPSA) is 65.2 Å². The lowest BCUT2D eigenvalue weighted by atomic mass is 10.3. The summed E-state index contributed by atoms with van der Waals surface area (Å²) in [7, 11) is 0. The molecule has 7 heteroatoms. The third-order valence-corrected chi connectivity index (χ3v) is 1.78. The van der Waals surface area contributed by atoms with Gasteiger partial charge in [-0.1, -0.05) is 23.2 Å². The second-order valence-corrected chi connectivity index (χ2v) is 3.26. The summed E-state index contributed by atoms with van der Waals surface area (Å²) in [6.07, 6.45) is 0. The van der Waals surface area contributed by atoms with Crippen LogP contribution in [0.3, 0.4) is 0 Å². The molecule has 0 aliphatic carbocycles. The molecule has 0 saturated carbocycles. The quantitative estimate of drug-likeness (QED) is 0.673. The molecule has 0 fully saturated rings. The van der Waals surface area contributed by atoms with Gasteiger partial charge in [0.25, 0.3) is 0 Å². The van der Waals surface area contributed by atoms with Crippen molar-refractivity contribution in [2.75, 3.05) is 6.54 Å². The highest BCUT2D eigenvalue weighted by molar-refractivity contribution is 6.32. The molecule has 0 radical (unpaired) electrons. The number of hydrogen-bond acceptors (Lipinski definition) is 4. The highest BCUT2D eigenvalue weighted by Gasteiger charge is 2.02. The first-order chi connectivity index (χ1) is 6.61. The average molecular weight is 272 g/mol. The maximum absolute atomic E-state index is 10.7. The van der Waals surface area contributed by atoms with Crippen molar-refractivity contribution < 1.29 is 9.53 Å². The van der Waals surface area contributed by atoms with Gasteiger partial charge in [0.2, 0.25) is 0 Å². The average Bonchev–Trinajstić information content (AvgIpc) is 2.12. The number of nitrogens with zero attached hydrogens (tertiary/aromatic N) is 1. The van der Waals surface area contributed by atoms with Crippen LogP contribution in [-0.4, -0.2) is 17.5 Å². The summed E-state index contributed by atoms with van der Waals surface area (Å²) in [5, 5.41) is 0.521. The van der Waals surface area contributed by atoms with Gasteiger partial charge in [-0.3, -0.25) is 4.79 Å².